The molecule has 0 aromatic heterocycles. The lowest BCUT2D eigenvalue weighted by molar-refractivity contribution is 0.0649. The second kappa shape index (κ2) is 5.30. The summed E-state index contributed by atoms with van der Waals surface area (Å²) in [4.78, 5) is 31.8. The highest BCUT2D eigenvalue weighted by molar-refractivity contribution is 6.03. The number of carboxylic acids is 3. The first kappa shape index (κ1) is 14.2. The van der Waals surface area contributed by atoms with Gasteiger partial charge in [0.15, 0.2) is 0 Å². The van der Waals surface area contributed by atoms with Gasteiger partial charge in [-0.15, -0.1) is 0 Å². The molecule has 3 N–H and O–H groups in total. The van der Waals surface area contributed by atoms with Crippen LogP contribution in [0.3, 0.4) is 0 Å². The molecule has 0 unspecified atom stereocenters. The van der Waals surface area contributed by atoms with Crippen LogP contribution in [0.4, 0.5) is 0 Å². The van der Waals surface area contributed by atoms with Crippen LogP contribution in [0.5, 0.6) is 0 Å². The van der Waals surface area contributed by atoms with Crippen LogP contribution in [0.2, 0.25) is 0 Å². The summed E-state index contributed by atoms with van der Waals surface area (Å²) in [6, 6.07) is 2.81. The Kier molecular flexibility index (Phi) is 4.69. The van der Waals surface area contributed by atoms with Crippen molar-refractivity contribution in [3.63, 3.8) is 0 Å². The van der Waals surface area contributed by atoms with E-state index < -0.39 is 29.0 Å². The molecule has 0 amide bonds. The molecule has 7 heteroatoms. The van der Waals surface area contributed by atoms with E-state index in [1.807, 2.05) is 0 Å². The third kappa shape index (κ3) is 2.82. The Morgan fingerprint density at radius 3 is 1.69 bits per heavy atom. The van der Waals surface area contributed by atoms with Crippen LogP contribution in [0, 0.1) is 0 Å². The van der Waals surface area contributed by atoms with Crippen molar-refractivity contribution in [3.8, 4) is 0 Å². The molecule has 1 aromatic rings. The minimum absolute atomic E-state index is 0. The van der Waals surface area contributed by atoms with E-state index >= 15 is 0 Å². The van der Waals surface area contributed by atoms with E-state index in [9.17, 15) is 14.4 Å². The Morgan fingerprint density at radius 2 is 1.31 bits per heavy atom. The van der Waals surface area contributed by atoms with E-state index in [2.05, 4.69) is 0 Å². The third-order valence-corrected chi connectivity index (χ3v) is 1.73. The van der Waals surface area contributed by atoms with Crippen LogP contribution in [-0.4, -0.2) is 50.6 Å². The first-order valence-corrected chi connectivity index (χ1v) is 3.77. The molecule has 0 saturated heterocycles. The standard InChI is InChI=1S/C9H6O6.Al/c10-7(11)4-1-2-5(8(12)13)6(3-4)9(14)15;/h1-3H,(H,10,11)(H,12,13)(H,14,15);. The first-order valence-electron chi connectivity index (χ1n) is 3.77. The average molecular weight is 237 g/mol. The number of carboxylic acid groups (broad SMARTS) is 3. The first-order chi connectivity index (χ1) is 6.93. The van der Waals surface area contributed by atoms with Gasteiger partial charge in [0.25, 0.3) is 0 Å². The molecule has 1 aromatic carbocycles. The number of aromatic carboxylic acids is 3. The predicted octanol–water partition coefficient (Wildman–Crippen LogP) is 0.400. The van der Waals surface area contributed by atoms with Gasteiger partial charge in [-0.2, -0.15) is 0 Å². The molecule has 81 valence electrons. The summed E-state index contributed by atoms with van der Waals surface area (Å²) in [7, 11) is 0. The van der Waals surface area contributed by atoms with Gasteiger partial charge in [0.2, 0.25) is 0 Å². The van der Waals surface area contributed by atoms with Crippen LogP contribution >= 0.6 is 0 Å². The summed E-state index contributed by atoms with van der Waals surface area (Å²) >= 11 is 0. The minimum atomic E-state index is -1.48. The molecule has 0 aliphatic carbocycles. The van der Waals surface area contributed by atoms with E-state index in [-0.39, 0.29) is 22.9 Å². The van der Waals surface area contributed by atoms with Crippen molar-refractivity contribution in [1.29, 1.82) is 0 Å². The lowest BCUT2D eigenvalue weighted by atomic mass is 10.0. The zero-order valence-corrected chi connectivity index (χ0v) is 9.03. The van der Waals surface area contributed by atoms with E-state index in [0.717, 1.165) is 18.2 Å². The van der Waals surface area contributed by atoms with Gasteiger partial charge in [-0.3, -0.25) is 0 Å². The van der Waals surface area contributed by atoms with E-state index in [1.165, 1.54) is 0 Å². The number of rotatable bonds is 3. The Morgan fingerprint density at radius 1 is 0.812 bits per heavy atom. The number of hydrogen-bond donors (Lipinski definition) is 3. The zero-order chi connectivity index (χ0) is 11.6. The van der Waals surface area contributed by atoms with Gasteiger partial charge < -0.3 is 15.3 Å². The molecular weight excluding hydrogens is 231 g/mol. The van der Waals surface area contributed by atoms with Crippen molar-refractivity contribution in [2.45, 2.75) is 0 Å². The Hall–Kier alpha value is -1.84. The summed E-state index contributed by atoms with van der Waals surface area (Å²) in [5.41, 5.74) is -1.24. The monoisotopic (exact) mass is 237 g/mol. The summed E-state index contributed by atoms with van der Waals surface area (Å²) in [5, 5.41) is 25.9. The van der Waals surface area contributed by atoms with Gasteiger partial charge in [-0.1, -0.05) is 0 Å². The molecule has 0 saturated carbocycles. The van der Waals surface area contributed by atoms with Crippen LogP contribution in [0.25, 0.3) is 0 Å². The Balaban J connectivity index is 0.00000225. The number of carbonyl (C=O) groups is 3. The van der Waals surface area contributed by atoms with Gasteiger partial charge in [-0.05, 0) is 18.2 Å². The van der Waals surface area contributed by atoms with E-state index in [4.69, 9.17) is 15.3 Å². The SMILES string of the molecule is O=C(O)c1ccc(C(=O)O)c(C(=O)O)c1.[Al]. The summed E-state index contributed by atoms with van der Waals surface area (Å²) in [5.74, 6) is -4.20. The van der Waals surface area contributed by atoms with Crippen molar-refractivity contribution in [2.24, 2.45) is 0 Å². The molecule has 6 nitrogen and oxygen atoms in total. The van der Waals surface area contributed by atoms with Crippen molar-refractivity contribution in [2.75, 3.05) is 0 Å². The number of hydrogen-bond acceptors (Lipinski definition) is 3. The molecule has 0 aliphatic heterocycles. The molecule has 1 rings (SSSR count). The summed E-state index contributed by atoms with van der Waals surface area (Å²) < 4.78 is 0. The molecule has 3 radical (unpaired) electrons. The van der Waals surface area contributed by atoms with Crippen LogP contribution in [0.15, 0.2) is 18.2 Å². The fraction of sp³-hybridized carbons (Fsp3) is 0. The molecule has 0 heterocycles. The van der Waals surface area contributed by atoms with Crippen molar-refractivity contribution in [1.82, 2.24) is 0 Å². The fourth-order valence-corrected chi connectivity index (χ4v) is 1.04. The maximum atomic E-state index is 10.6. The Labute approximate surface area is 100 Å². The number of benzene rings is 1. The third-order valence-electron chi connectivity index (χ3n) is 1.73. The molecule has 0 bridgehead atoms. The molecular formula is C9H6AlO6. The molecule has 16 heavy (non-hydrogen) atoms. The van der Waals surface area contributed by atoms with Gasteiger partial charge in [-0.25, -0.2) is 14.4 Å². The van der Waals surface area contributed by atoms with Gasteiger partial charge in [0, 0.05) is 17.4 Å². The molecule has 0 fully saturated rings. The minimum Gasteiger partial charge on any atom is -0.478 e. The van der Waals surface area contributed by atoms with E-state index in [0.29, 0.717) is 0 Å². The average Bonchev–Trinajstić information content (AvgIpc) is 2.16. The van der Waals surface area contributed by atoms with Gasteiger partial charge in [0.1, 0.15) is 0 Å². The highest BCUT2D eigenvalue weighted by Crippen LogP contribution is 2.12. The van der Waals surface area contributed by atoms with Crippen LogP contribution in [0.1, 0.15) is 31.1 Å². The quantitative estimate of drug-likeness (QED) is 0.656. The smallest absolute Gasteiger partial charge is 0.336 e. The van der Waals surface area contributed by atoms with Crippen molar-refractivity contribution >= 4 is 35.3 Å². The normalized spacial score (nSPS) is 9.00. The molecule has 0 aliphatic rings. The van der Waals surface area contributed by atoms with Gasteiger partial charge in [0.05, 0.1) is 16.7 Å². The van der Waals surface area contributed by atoms with Crippen LogP contribution in [-0.2, 0) is 0 Å². The van der Waals surface area contributed by atoms with Crippen molar-refractivity contribution in [3.05, 3.63) is 34.9 Å². The fourth-order valence-electron chi connectivity index (χ4n) is 1.04. The maximum Gasteiger partial charge on any atom is 0.336 e. The lowest BCUT2D eigenvalue weighted by Crippen LogP contribution is -2.10. The molecule has 0 atom stereocenters. The summed E-state index contributed by atoms with van der Waals surface area (Å²) in [6.45, 7) is 0. The second-order valence-electron chi connectivity index (χ2n) is 2.68. The Bertz CT molecular complexity index is 453. The maximum absolute atomic E-state index is 10.6. The lowest BCUT2D eigenvalue weighted by Gasteiger charge is -2.02. The van der Waals surface area contributed by atoms with E-state index in [1.54, 1.807) is 0 Å². The largest absolute Gasteiger partial charge is 0.478 e. The van der Waals surface area contributed by atoms with Crippen molar-refractivity contribution < 1.29 is 29.7 Å². The van der Waals surface area contributed by atoms with Crippen LogP contribution < -0.4 is 0 Å². The molecule has 0 spiro atoms. The van der Waals surface area contributed by atoms with Gasteiger partial charge >= 0.3 is 17.9 Å². The highest BCUT2D eigenvalue weighted by atomic mass is 27.0. The summed E-state index contributed by atoms with van der Waals surface area (Å²) in [6.07, 6.45) is 0. The predicted molar refractivity (Wildman–Crippen MR) is 53.1 cm³/mol. The topological polar surface area (TPSA) is 112 Å². The second-order valence-corrected chi connectivity index (χ2v) is 2.68. The highest BCUT2D eigenvalue weighted by Gasteiger charge is 2.17. The zero-order valence-electron chi connectivity index (χ0n) is 7.88.